The van der Waals surface area contributed by atoms with Crippen LogP contribution in [-0.4, -0.2) is 38.9 Å². The summed E-state index contributed by atoms with van der Waals surface area (Å²) in [4.78, 5) is 7.75. The summed E-state index contributed by atoms with van der Waals surface area (Å²) in [7, 11) is -0.565. The van der Waals surface area contributed by atoms with Crippen molar-refractivity contribution in [1.29, 1.82) is 0 Å². The normalized spacial score (nSPS) is 11.6. The number of ether oxygens (including phenoxy) is 2. The molecular formula is C11H11ClN2O4S. The number of halogens is 1. The molecule has 0 aliphatic heterocycles. The van der Waals surface area contributed by atoms with E-state index in [1.165, 1.54) is 14.2 Å². The van der Waals surface area contributed by atoms with Gasteiger partial charge < -0.3 is 9.47 Å². The summed E-state index contributed by atoms with van der Waals surface area (Å²) >= 11 is 5.98. The Bertz CT molecular complexity index is 746. The van der Waals surface area contributed by atoms with E-state index in [0.717, 1.165) is 6.26 Å². The monoisotopic (exact) mass is 302 g/mol. The Morgan fingerprint density at radius 2 is 1.68 bits per heavy atom. The van der Waals surface area contributed by atoms with Crippen LogP contribution in [0.3, 0.4) is 0 Å². The Balaban J connectivity index is 2.81. The molecule has 102 valence electrons. The standard InChI is InChI=1S/C11H11ClN2O4S/c1-17-8-4-6-7(5-9(8)18-2)13-11(14-10(6)12)19(3,15)16/h4-5H,1-3H3. The fraction of sp³-hybridized carbons (Fsp3) is 0.273. The SMILES string of the molecule is COc1cc2nc(S(C)(=O)=O)nc(Cl)c2cc1OC. The Morgan fingerprint density at radius 1 is 1.11 bits per heavy atom. The molecule has 8 heteroatoms. The van der Waals surface area contributed by atoms with Gasteiger partial charge in [-0.05, 0) is 6.07 Å². The van der Waals surface area contributed by atoms with Gasteiger partial charge in [-0.2, -0.15) is 0 Å². The van der Waals surface area contributed by atoms with Crippen LogP contribution < -0.4 is 9.47 Å². The molecule has 1 aromatic carbocycles. The number of fused-ring (bicyclic) bond motifs is 1. The van der Waals surface area contributed by atoms with Crippen molar-refractivity contribution in [3.63, 3.8) is 0 Å². The third-order valence-corrected chi connectivity index (χ3v) is 3.60. The van der Waals surface area contributed by atoms with E-state index in [1.807, 2.05) is 0 Å². The molecule has 0 saturated heterocycles. The lowest BCUT2D eigenvalue weighted by Gasteiger charge is -2.09. The molecule has 0 N–H and O–H groups in total. The number of aromatic nitrogens is 2. The van der Waals surface area contributed by atoms with Crippen molar-refractivity contribution in [1.82, 2.24) is 9.97 Å². The maximum Gasteiger partial charge on any atom is 0.248 e. The molecule has 2 aromatic rings. The quantitative estimate of drug-likeness (QED) is 0.634. The fourth-order valence-corrected chi connectivity index (χ4v) is 2.37. The average molecular weight is 303 g/mol. The van der Waals surface area contributed by atoms with Gasteiger partial charge in [-0.1, -0.05) is 11.6 Å². The van der Waals surface area contributed by atoms with Crippen LogP contribution in [0.15, 0.2) is 17.3 Å². The van der Waals surface area contributed by atoms with E-state index in [0.29, 0.717) is 22.4 Å². The predicted octanol–water partition coefficient (Wildman–Crippen LogP) is 1.70. The smallest absolute Gasteiger partial charge is 0.248 e. The molecule has 0 fully saturated rings. The minimum Gasteiger partial charge on any atom is -0.493 e. The van der Waals surface area contributed by atoms with Crippen molar-refractivity contribution in [3.8, 4) is 11.5 Å². The number of hydrogen-bond donors (Lipinski definition) is 0. The number of methoxy groups -OCH3 is 2. The largest absolute Gasteiger partial charge is 0.493 e. The summed E-state index contributed by atoms with van der Waals surface area (Å²) < 4.78 is 33.2. The van der Waals surface area contributed by atoms with Crippen LogP contribution in [0.2, 0.25) is 5.15 Å². The first-order valence-electron chi connectivity index (χ1n) is 5.16. The number of nitrogens with zero attached hydrogens (tertiary/aromatic N) is 2. The van der Waals surface area contributed by atoms with Crippen LogP contribution in [0.4, 0.5) is 0 Å². The molecule has 0 aliphatic carbocycles. The van der Waals surface area contributed by atoms with Crippen molar-refractivity contribution < 1.29 is 17.9 Å². The first-order chi connectivity index (χ1) is 8.86. The van der Waals surface area contributed by atoms with Crippen LogP contribution in [0.25, 0.3) is 10.9 Å². The van der Waals surface area contributed by atoms with Crippen LogP contribution >= 0.6 is 11.6 Å². The van der Waals surface area contributed by atoms with Crippen LogP contribution in [-0.2, 0) is 9.84 Å². The lowest BCUT2D eigenvalue weighted by molar-refractivity contribution is 0.355. The van der Waals surface area contributed by atoms with Gasteiger partial charge >= 0.3 is 0 Å². The number of rotatable bonds is 3. The number of benzene rings is 1. The minimum atomic E-state index is -3.53. The first-order valence-corrected chi connectivity index (χ1v) is 7.43. The first kappa shape index (κ1) is 13.8. The van der Waals surface area contributed by atoms with Crippen molar-refractivity contribution >= 4 is 32.3 Å². The second-order valence-corrected chi connectivity index (χ2v) is 6.06. The maximum absolute atomic E-state index is 11.5. The Hall–Kier alpha value is -1.60. The topological polar surface area (TPSA) is 78.4 Å². The van der Waals surface area contributed by atoms with E-state index in [4.69, 9.17) is 21.1 Å². The molecule has 0 saturated carbocycles. The van der Waals surface area contributed by atoms with E-state index < -0.39 is 9.84 Å². The summed E-state index contributed by atoms with van der Waals surface area (Å²) in [5, 5.41) is 0.218. The molecule has 2 rings (SSSR count). The zero-order valence-corrected chi connectivity index (χ0v) is 12.0. The second-order valence-electron chi connectivity index (χ2n) is 3.79. The summed E-state index contributed by atoms with van der Waals surface area (Å²) in [5.41, 5.74) is 0.373. The maximum atomic E-state index is 11.5. The van der Waals surface area contributed by atoms with Gasteiger partial charge in [0.25, 0.3) is 0 Å². The third-order valence-electron chi connectivity index (χ3n) is 2.47. The lowest BCUT2D eigenvalue weighted by atomic mass is 10.2. The van der Waals surface area contributed by atoms with E-state index in [1.54, 1.807) is 12.1 Å². The zero-order chi connectivity index (χ0) is 14.2. The van der Waals surface area contributed by atoms with E-state index in [2.05, 4.69) is 9.97 Å². The highest BCUT2D eigenvalue weighted by atomic mass is 35.5. The van der Waals surface area contributed by atoms with Crippen LogP contribution in [0.1, 0.15) is 0 Å². The molecule has 0 bridgehead atoms. The summed E-state index contributed by atoms with van der Waals surface area (Å²) in [6, 6.07) is 3.15. The van der Waals surface area contributed by atoms with Crippen molar-refractivity contribution in [2.45, 2.75) is 5.16 Å². The lowest BCUT2D eigenvalue weighted by Crippen LogP contribution is -2.05. The van der Waals surface area contributed by atoms with Gasteiger partial charge in [0, 0.05) is 17.7 Å². The molecule has 6 nitrogen and oxygen atoms in total. The van der Waals surface area contributed by atoms with E-state index in [9.17, 15) is 8.42 Å². The van der Waals surface area contributed by atoms with E-state index >= 15 is 0 Å². The van der Waals surface area contributed by atoms with Gasteiger partial charge in [0.2, 0.25) is 15.0 Å². The molecule has 0 atom stereocenters. The molecule has 0 aliphatic rings. The highest BCUT2D eigenvalue weighted by Crippen LogP contribution is 2.34. The fourth-order valence-electron chi connectivity index (χ4n) is 1.56. The molecule has 1 aromatic heterocycles. The highest BCUT2D eigenvalue weighted by molar-refractivity contribution is 7.90. The Labute approximate surface area is 115 Å². The number of sulfone groups is 1. The van der Waals surface area contributed by atoms with Gasteiger partial charge in [0.1, 0.15) is 5.15 Å². The minimum absolute atomic E-state index is 0.0476. The van der Waals surface area contributed by atoms with Crippen molar-refractivity contribution in [3.05, 3.63) is 17.3 Å². The number of hydrogen-bond acceptors (Lipinski definition) is 6. The zero-order valence-electron chi connectivity index (χ0n) is 10.5. The Morgan fingerprint density at radius 3 is 2.21 bits per heavy atom. The summed E-state index contributed by atoms with van der Waals surface area (Å²) in [5.74, 6) is 0.900. The summed E-state index contributed by atoms with van der Waals surface area (Å²) in [6.45, 7) is 0. The van der Waals surface area contributed by atoms with Crippen molar-refractivity contribution in [2.24, 2.45) is 0 Å². The van der Waals surface area contributed by atoms with Gasteiger partial charge in [-0.15, -0.1) is 0 Å². The second kappa shape index (κ2) is 4.82. The van der Waals surface area contributed by atoms with Gasteiger partial charge in [-0.3, -0.25) is 0 Å². The predicted molar refractivity (Wildman–Crippen MR) is 70.8 cm³/mol. The molecule has 0 amide bonds. The highest BCUT2D eigenvalue weighted by Gasteiger charge is 2.17. The van der Waals surface area contributed by atoms with Crippen molar-refractivity contribution in [2.75, 3.05) is 20.5 Å². The average Bonchev–Trinajstić information content (AvgIpc) is 2.36. The summed E-state index contributed by atoms with van der Waals surface area (Å²) in [6.07, 6.45) is 1.02. The molecule has 0 unspecified atom stereocenters. The van der Waals surface area contributed by atoms with Crippen LogP contribution in [0, 0.1) is 0 Å². The molecule has 19 heavy (non-hydrogen) atoms. The molecule has 0 spiro atoms. The van der Waals surface area contributed by atoms with Gasteiger partial charge in [0.05, 0.1) is 19.7 Å². The molecular weight excluding hydrogens is 292 g/mol. The third kappa shape index (κ3) is 2.57. The Kier molecular flexibility index (Phi) is 3.51. The van der Waals surface area contributed by atoms with Gasteiger partial charge in [0.15, 0.2) is 11.5 Å². The molecule has 1 heterocycles. The van der Waals surface area contributed by atoms with Crippen LogP contribution in [0.5, 0.6) is 11.5 Å². The van der Waals surface area contributed by atoms with E-state index in [-0.39, 0.29) is 10.3 Å². The molecule has 0 radical (unpaired) electrons. The van der Waals surface area contributed by atoms with Gasteiger partial charge in [-0.25, -0.2) is 18.4 Å².